The number of nitrogens with one attached hydrogen (secondary N) is 1. The number of nitrogens with zero attached hydrogens (tertiary/aromatic N) is 1. The lowest BCUT2D eigenvalue weighted by molar-refractivity contribution is 0.101. The average molecular weight is 222 g/mol. The highest BCUT2D eigenvalue weighted by Crippen LogP contribution is 2.32. The SMILES string of the molecule is CC(=O)c1c[nH]c(=O)n(CCC2CC2)c1=O. The lowest BCUT2D eigenvalue weighted by atomic mass is 10.2. The number of ketones is 1. The molecule has 0 amide bonds. The predicted octanol–water partition coefficient (Wildman–Crippen LogP) is 0.539. The van der Waals surface area contributed by atoms with Gasteiger partial charge in [0.2, 0.25) is 0 Å². The standard InChI is InChI=1S/C11H14N2O3/c1-7(14)9-6-12-11(16)13(10(9)15)5-4-8-2-3-8/h6,8H,2-5H2,1H3,(H,12,16). The minimum absolute atomic E-state index is 0.0513. The van der Waals surface area contributed by atoms with Gasteiger partial charge in [0.25, 0.3) is 5.56 Å². The number of rotatable bonds is 4. The quantitative estimate of drug-likeness (QED) is 0.756. The second-order valence-corrected chi connectivity index (χ2v) is 4.25. The molecule has 0 saturated heterocycles. The number of carbonyl (C=O) groups is 1. The molecule has 0 atom stereocenters. The average Bonchev–Trinajstić information content (AvgIpc) is 3.00. The van der Waals surface area contributed by atoms with Crippen LogP contribution in [0.15, 0.2) is 15.8 Å². The van der Waals surface area contributed by atoms with Crippen LogP contribution in [0.4, 0.5) is 0 Å². The van der Waals surface area contributed by atoms with Crippen molar-refractivity contribution in [2.45, 2.75) is 32.7 Å². The van der Waals surface area contributed by atoms with E-state index in [1.807, 2.05) is 0 Å². The van der Waals surface area contributed by atoms with Crippen molar-refractivity contribution in [2.75, 3.05) is 0 Å². The van der Waals surface area contributed by atoms with E-state index >= 15 is 0 Å². The van der Waals surface area contributed by atoms with Crippen molar-refractivity contribution in [1.82, 2.24) is 9.55 Å². The van der Waals surface area contributed by atoms with E-state index in [9.17, 15) is 14.4 Å². The molecule has 0 aromatic carbocycles. The summed E-state index contributed by atoms with van der Waals surface area (Å²) in [5, 5.41) is 0. The summed E-state index contributed by atoms with van der Waals surface area (Å²) in [6.07, 6.45) is 4.39. The number of aromatic amines is 1. The molecule has 1 aliphatic rings. The number of aromatic nitrogens is 2. The molecule has 86 valence electrons. The Kier molecular flexibility index (Phi) is 2.77. The Hall–Kier alpha value is -1.65. The van der Waals surface area contributed by atoms with Gasteiger partial charge in [-0.2, -0.15) is 0 Å². The molecule has 16 heavy (non-hydrogen) atoms. The topological polar surface area (TPSA) is 71.9 Å². The van der Waals surface area contributed by atoms with Crippen molar-refractivity contribution in [1.29, 1.82) is 0 Å². The van der Waals surface area contributed by atoms with Gasteiger partial charge in [0.1, 0.15) is 0 Å². The minimum atomic E-state index is -0.475. The molecule has 1 aromatic rings. The van der Waals surface area contributed by atoms with Gasteiger partial charge >= 0.3 is 5.69 Å². The lowest BCUT2D eigenvalue weighted by Gasteiger charge is -2.04. The van der Waals surface area contributed by atoms with Gasteiger partial charge in [-0.1, -0.05) is 12.8 Å². The van der Waals surface area contributed by atoms with Crippen LogP contribution >= 0.6 is 0 Å². The van der Waals surface area contributed by atoms with E-state index in [4.69, 9.17) is 0 Å². The summed E-state index contributed by atoms with van der Waals surface area (Å²) in [7, 11) is 0. The van der Waals surface area contributed by atoms with Crippen LogP contribution in [0.2, 0.25) is 0 Å². The van der Waals surface area contributed by atoms with Gasteiger partial charge in [-0.25, -0.2) is 4.79 Å². The Bertz CT molecular complexity index is 523. The summed E-state index contributed by atoms with van der Waals surface area (Å²) in [5.41, 5.74) is -0.858. The maximum atomic E-state index is 11.8. The van der Waals surface area contributed by atoms with E-state index in [0.717, 1.165) is 11.0 Å². The van der Waals surface area contributed by atoms with E-state index in [-0.39, 0.29) is 11.3 Å². The zero-order valence-corrected chi connectivity index (χ0v) is 9.16. The molecular formula is C11H14N2O3. The maximum Gasteiger partial charge on any atom is 0.328 e. The Morgan fingerprint density at radius 2 is 2.19 bits per heavy atom. The van der Waals surface area contributed by atoms with Gasteiger partial charge < -0.3 is 4.98 Å². The van der Waals surface area contributed by atoms with Gasteiger partial charge in [0.15, 0.2) is 5.78 Å². The van der Waals surface area contributed by atoms with Crippen LogP contribution in [0.3, 0.4) is 0 Å². The highest BCUT2D eigenvalue weighted by Gasteiger charge is 2.21. The molecule has 1 aromatic heterocycles. The first-order valence-corrected chi connectivity index (χ1v) is 5.43. The molecular weight excluding hydrogens is 208 g/mol. The smallest absolute Gasteiger partial charge is 0.313 e. The zero-order valence-electron chi connectivity index (χ0n) is 9.16. The van der Waals surface area contributed by atoms with E-state index in [1.165, 1.54) is 26.0 Å². The molecule has 0 bridgehead atoms. The van der Waals surface area contributed by atoms with E-state index in [0.29, 0.717) is 12.5 Å². The molecule has 1 heterocycles. The first kappa shape index (κ1) is 10.9. The van der Waals surface area contributed by atoms with Gasteiger partial charge in [-0.15, -0.1) is 0 Å². The Balaban J connectivity index is 2.33. The normalized spacial score (nSPS) is 15.1. The molecule has 2 rings (SSSR count). The second kappa shape index (κ2) is 4.08. The third-order valence-corrected chi connectivity index (χ3v) is 2.90. The first-order chi connectivity index (χ1) is 7.59. The summed E-state index contributed by atoms with van der Waals surface area (Å²) >= 11 is 0. The second-order valence-electron chi connectivity index (χ2n) is 4.25. The van der Waals surface area contributed by atoms with Gasteiger partial charge in [0.05, 0.1) is 5.56 Å². The van der Waals surface area contributed by atoms with E-state index in [1.54, 1.807) is 0 Å². The van der Waals surface area contributed by atoms with Crippen LogP contribution in [0, 0.1) is 5.92 Å². The van der Waals surface area contributed by atoms with Crippen molar-refractivity contribution in [2.24, 2.45) is 5.92 Å². The Labute approximate surface area is 92.1 Å². The number of H-pyrrole nitrogens is 1. The fourth-order valence-corrected chi connectivity index (χ4v) is 1.68. The molecule has 5 nitrogen and oxygen atoms in total. The van der Waals surface area contributed by atoms with Crippen molar-refractivity contribution >= 4 is 5.78 Å². The molecule has 5 heteroatoms. The number of carbonyl (C=O) groups excluding carboxylic acids is 1. The zero-order chi connectivity index (χ0) is 11.7. The molecule has 0 radical (unpaired) electrons. The Morgan fingerprint density at radius 1 is 1.50 bits per heavy atom. The van der Waals surface area contributed by atoms with Crippen molar-refractivity contribution in [3.63, 3.8) is 0 Å². The summed E-state index contributed by atoms with van der Waals surface area (Å²) in [4.78, 5) is 36.8. The van der Waals surface area contributed by atoms with Crippen molar-refractivity contribution < 1.29 is 4.79 Å². The highest BCUT2D eigenvalue weighted by atomic mass is 16.2. The fourth-order valence-electron chi connectivity index (χ4n) is 1.68. The van der Waals surface area contributed by atoms with E-state index < -0.39 is 11.2 Å². The number of hydrogen-bond donors (Lipinski definition) is 1. The van der Waals surface area contributed by atoms with Crippen LogP contribution in [0.25, 0.3) is 0 Å². The maximum absolute atomic E-state index is 11.8. The molecule has 0 aliphatic heterocycles. The highest BCUT2D eigenvalue weighted by molar-refractivity contribution is 5.93. The Morgan fingerprint density at radius 3 is 2.75 bits per heavy atom. The largest absolute Gasteiger partial charge is 0.328 e. The number of Topliss-reactive ketones (excluding diaryl/α,β-unsaturated/α-hetero) is 1. The van der Waals surface area contributed by atoms with Crippen molar-refractivity contribution in [3.8, 4) is 0 Å². The summed E-state index contributed by atoms with van der Waals surface area (Å²) in [5.74, 6) is 0.328. The monoisotopic (exact) mass is 222 g/mol. The van der Waals surface area contributed by atoms with Gasteiger partial charge in [-0.05, 0) is 19.3 Å². The van der Waals surface area contributed by atoms with Gasteiger partial charge in [-0.3, -0.25) is 14.2 Å². The van der Waals surface area contributed by atoms with Crippen molar-refractivity contribution in [3.05, 3.63) is 32.6 Å². The summed E-state index contributed by atoms with van der Waals surface area (Å²) in [6, 6.07) is 0. The molecule has 0 spiro atoms. The summed E-state index contributed by atoms with van der Waals surface area (Å²) in [6.45, 7) is 1.72. The fraction of sp³-hybridized carbons (Fsp3) is 0.545. The van der Waals surface area contributed by atoms with Crippen LogP contribution < -0.4 is 11.2 Å². The lowest BCUT2D eigenvalue weighted by Crippen LogP contribution is -2.37. The first-order valence-electron chi connectivity index (χ1n) is 5.43. The van der Waals surface area contributed by atoms with Crippen LogP contribution in [-0.4, -0.2) is 15.3 Å². The van der Waals surface area contributed by atoms with Crippen LogP contribution in [-0.2, 0) is 6.54 Å². The summed E-state index contributed by atoms with van der Waals surface area (Å²) < 4.78 is 1.12. The van der Waals surface area contributed by atoms with E-state index in [2.05, 4.69) is 4.98 Å². The molecule has 0 unspecified atom stereocenters. The van der Waals surface area contributed by atoms with Crippen LogP contribution in [0.5, 0.6) is 0 Å². The molecule has 1 fully saturated rings. The van der Waals surface area contributed by atoms with Crippen LogP contribution in [0.1, 0.15) is 36.5 Å². The predicted molar refractivity (Wildman–Crippen MR) is 58.7 cm³/mol. The molecule has 1 N–H and O–H groups in total. The molecule has 1 aliphatic carbocycles. The van der Waals surface area contributed by atoms with Gasteiger partial charge in [0, 0.05) is 12.7 Å². The number of hydrogen-bond acceptors (Lipinski definition) is 3. The molecule has 1 saturated carbocycles. The minimum Gasteiger partial charge on any atom is -0.313 e. The third-order valence-electron chi connectivity index (χ3n) is 2.90. The third kappa shape index (κ3) is 2.13.